The smallest absolute Gasteiger partial charge is 0.296 e. The van der Waals surface area contributed by atoms with Crippen molar-refractivity contribution in [3.8, 4) is 0 Å². The Labute approximate surface area is 106 Å². The highest BCUT2D eigenvalue weighted by molar-refractivity contribution is 6.31. The largest absolute Gasteiger partial charge is 0.442 e. The van der Waals surface area contributed by atoms with Crippen LogP contribution in [0.3, 0.4) is 0 Å². The van der Waals surface area contributed by atoms with Gasteiger partial charge in [-0.1, -0.05) is 16.8 Å². The fourth-order valence-corrected chi connectivity index (χ4v) is 1.60. The van der Waals surface area contributed by atoms with Crippen LogP contribution in [0.15, 0.2) is 27.5 Å². The second kappa shape index (κ2) is 4.73. The summed E-state index contributed by atoms with van der Waals surface area (Å²) in [4.78, 5) is 23.1. The average Bonchev–Trinajstić information content (AvgIpc) is 2.64. The molecule has 0 fully saturated rings. The van der Waals surface area contributed by atoms with E-state index in [2.05, 4.69) is 9.68 Å². The standard InChI is InChI=1S/C11H8ClFN2O3/c1-6-14-18-11(17)15(6)5-10(16)7-2-3-9(13)8(12)4-7/h2-4H,5H2,1H3. The van der Waals surface area contributed by atoms with Crippen LogP contribution in [-0.4, -0.2) is 15.5 Å². The molecule has 0 unspecified atom stereocenters. The number of hydrogen-bond acceptors (Lipinski definition) is 4. The summed E-state index contributed by atoms with van der Waals surface area (Å²) in [5.74, 6) is -1.41. The van der Waals surface area contributed by atoms with Crippen LogP contribution in [0.4, 0.5) is 4.39 Å². The summed E-state index contributed by atoms with van der Waals surface area (Å²) in [5, 5.41) is 3.29. The molecule has 0 radical (unpaired) electrons. The van der Waals surface area contributed by atoms with Crippen LogP contribution in [0.25, 0.3) is 0 Å². The first-order valence-corrected chi connectivity index (χ1v) is 5.38. The minimum atomic E-state index is -0.714. The minimum Gasteiger partial charge on any atom is -0.296 e. The van der Waals surface area contributed by atoms with Crippen molar-refractivity contribution < 1.29 is 13.7 Å². The fraction of sp³-hybridized carbons (Fsp3) is 0.182. The number of aryl methyl sites for hydroxylation is 1. The van der Waals surface area contributed by atoms with E-state index < -0.39 is 11.6 Å². The maximum absolute atomic E-state index is 12.9. The molecule has 94 valence electrons. The maximum Gasteiger partial charge on any atom is 0.442 e. The van der Waals surface area contributed by atoms with Crippen LogP contribution in [0.2, 0.25) is 5.02 Å². The molecule has 2 aromatic rings. The molecule has 5 nitrogen and oxygen atoms in total. The van der Waals surface area contributed by atoms with E-state index >= 15 is 0 Å². The Kier molecular flexibility index (Phi) is 3.29. The van der Waals surface area contributed by atoms with E-state index in [4.69, 9.17) is 11.6 Å². The lowest BCUT2D eigenvalue weighted by atomic mass is 10.1. The van der Waals surface area contributed by atoms with Gasteiger partial charge in [0.1, 0.15) is 5.82 Å². The van der Waals surface area contributed by atoms with Crippen molar-refractivity contribution in [1.29, 1.82) is 0 Å². The van der Waals surface area contributed by atoms with Crippen LogP contribution in [-0.2, 0) is 6.54 Å². The first kappa shape index (κ1) is 12.5. The van der Waals surface area contributed by atoms with Gasteiger partial charge in [-0.25, -0.2) is 9.18 Å². The van der Waals surface area contributed by atoms with Gasteiger partial charge in [0.25, 0.3) is 0 Å². The van der Waals surface area contributed by atoms with Crippen LogP contribution < -0.4 is 5.76 Å². The molecule has 0 atom stereocenters. The molecule has 0 saturated carbocycles. The highest BCUT2D eigenvalue weighted by Gasteiger charge is 2.14. The van der Waals surface area contributed by atoms with E-state index in [1.807, 2.05) is 0 Å². The van der Waals surface area contributed by atoms with Crippen molar-refractivity contribution in [3.05, 3.63) is 51.0 Å². The number of halogens is 2. The third-order valence-corrected chi connectivity index (χ3v) is 2.70. The molecular formula is C11H8ClFN2O3. The predicted octanol–water partition coefficient (Wildman–Crippen LogP) is 1.82. The van der Waals surface area contributed by atoms with Crippen LogP contribution in [0.1, 0.15) is 16.2 Å². The van der Waals surface area contributed by atoms with Crippen molar-refractivity contribution in [2.75, 3.05) is 0 Å². The number of hydrogen-bond donors (Lipinski definition) is 0. The zero-order chi connectivity index (χ0) is 13.3. The first-order valence-electron chi connectivity index (χ1n) is 5.00. The molecule has 0 saturated heterocycles. The Morgan fingerprint density at radius 3 is 2.83 bits per heavy atom. The first-order chi connectivity index (χ1) is 8.49. The van der Waals surface area contributed by atoms with E-state index in [1.54, 1.807) is 0 Å². The molecule has 2 rings (SSSR count). The zero-order valence-electron chi connectivity index (χ0n) is 9.31. The van der Waals surface area contributed by atoms with Gasteiger partial charge in [-0.2, -0.15) is 0 Å². The molecule has 1 aromatic carbocycles. The average molecular weight is 271 g/mol. The maximum atomic E-state index is 12.9. The molecule has 0 aliphatic rings. The highest BCUT2D eigenvalue weighted by atomic mass is 35.5. The van der Waals surface area contributed by atoms with Crippen molar-refractivity contribution in [2.45, 2.75) is 13.5 Å². The number of benzene rings is 1. The third-order valence-electron chi connectivity index (χ3n) is 2.41. The molecule has 18 heavy (non-hydrogen) atoms. The van der Waals surface area contributed by atoms with Gasteiger partial charge in [0.15, 0.2) is 11.6 Å². The molecule has 0 spiro atoms. The molecule has 0 aliphatic heterocycles. The van der Waals surface area contributed by atoms with Gasteiger partial charge in [-0.3, -0.25) is 13.9 Å². The van der Waals surface area contributed by atoms with E-state index in [1.165, 1.54) is 19.1 Å². The number of aromatic nitrogens is 2. The molecular weight excluding hydrogens is 263 g/mol. The Balaban J connectivity index is 2.27. The number of rotatable bonds is 3. The topological polar surface area (TPSA) is 65.1 Å². The van der Waals surface area contributed by atoms with Crippen molar-refractivity contribution >= 4 is 17.4 Å². The normalized spacial score (nSPS) is 10.6. The second-order valence-electron chi connectivity index (χ2n) is 3.63. The van der Waals surface area contributed by atoms with Crippen molar-refractivity contribution in [3.63, 3.8) is 0 Å². The molecule has 0 N–H and O–H groups in total. The van der Waals surface area contributed by atoms with Crippen LogP contribution >= 0.6 is 11.6 Å². The summed E-state index contributed by atoms with van der Waals surface area (Å²) in [6, 6.07) is 3.61. The summed E-state index contributed by atoms with van der Waals surface area (Å²) in [6.45, 7) is 1.31. The Hall–Kier alpha value is -1.95. The second-order valence-corrected chi connectivity index (χ2v) is 4.04. The van der Waals surface area contributed by atoms with Gasteiger partial charge in [0.2, 0.25) is 0 Å². The number of nitrogens with zero attached hydrogens (tertiary/aromatic N) is 2. The third kappa shape index (κ3) is 2.33. The SMILES string of the molecule is Cc1noc(=O)n1CC(=O)c1ccc(F)c(Cl)c1. The van der Waals surface area contributed by atoms with Crippen molar-refractivity contribution in [1.82, 2.24) is 9.72 Å². The number of ketones is 1. The lowest BCUT2D eigenvalue weighted by Gasteiger charge is -2.02. The Bertz CT molecular complexity index is 663. The molecule has 0 aliphatic carbocycles. The van der Waals surface area contributed by atoms with Gasteiger partial charge in [-0.05, 0) is 25.1 Å². The lowest BCUT2D eigenvalue weighted by Crippen LogP contribution is -2.21. The summed E-state index contributed by atoms with van der Waals surface area (Å²) in [7, 11) is 0. The fourth-order valence-electron chi connectivity index (χ4n) is 1.42. The molecule has 1 aromatic heterocycles. The Morgan fingerprint density at radius 1 is 1.56 bits per heavy atom. The molecule has 7 heteroatoms. The van der Waals surface area contributed by atoms with E-state index in [0.29, 0.717) is 5.82 Å². The summed E-state index contributed by atoms with van der Waals surface area (Å²) < 4.78 is 18.4. The summed E-state index contributed by atoms with van der Waals surface area (Å²) in [6.07, 6.45) is 0. The number of carbonyl (C=O) groups is 1. The van der Waals surface area contributed by atoms with E-state index in [-0.39, 0.29) is 22.9 Å². The number of Topliss-reactive ketones (excluding diaryl/α,β-unsaturated/α-hetero) is 1. The highest BCUT2D eigenvalue weighted by Crippen LogP contribution is 2.16. The van der Waals surface area contributed by atoms with Gasteiger partial charge in [-0.15, -0.1) is 0 Å². The zero-order valence-corrected chi connectivity index (χ0v) is 10.1. The monoisotopic (exact) mass is 270 g/mol. The van der Waals surface area contributed by atoms with Gasteiger partial charge >= 0.3 is 5.76 Å². The lowest BCUT2D eigenvalue weighted by molar-refractivity contribution is 0.0968. The van der Waals surface area contributed by atoms with Gasteiger partial charge < -0.3 is 0 Å². The minimum absolute atomic E-state index is 0.143. The molecule has 0 bridgehead atoms. The number of carbonyl (C=O) groups excluding carboxylic acids is 1. The quantitative estimate of drug-likeness (QED) is 0.798. The van der Waals surface area contributed by atoms with Crippen LogP contribution in [0.5, 0.6) is 0 Å². The molecule has 1 heterocycles. The van der Waals surface area contributed by atoms with Gasteiger partial charge in [0.05, 0.1) is 11.6 Å². The van der Waals surface area contributed by atoms with Gasteiger partial charge in [0, 0.05) is 5.56 Å². The summed E-state index contributed by atoms with van der Waals surface area (Å²) >= 11 is 5.58. The molecule has 0 amide bonds. The summed E-state index contributed by atoms with van der Waals surface area (Å²) in [5.41, 5.74) is 0.217. The van der Waals surface area contributed by atoms with E-state index in [0.717, 1.165) is 10.6 Å². The van der Waals surface area contributed by atoms with E-state index in [9.17, 15) is 14.0 Å². The predicted molar refractivity (Wildman–Crippen MR) is 61.2 cm³/mol. The Morgan fingerprint density at radius 2 is 2.28 bits per heavy atom. The van der Waals surface area contributed by atoms with Crippen LogP contribution in [0, 0.1) is 12.7 Å². The van der Waals surface area contributed by atoms with Crippen molar-refractivity contribution in [2.24, 2.45) is 0 Å².